The van der Waals surface area contributed by atoms with Gasteiger partial charge in [0.15, 0.2) is 5.82 Å². The molecule has 5 aromatic rings. The number of amides is 1. The Morgan fingerprint density at radius 1 is 0.850 bits per heavy atom. The van der Waals surface area contributed by atoms with Crippen LogP contribution in [0.3, 0.4) is 0 Å². The number of nitrogen functional groups attached to an aromatic ring is 1. The van der Waals surface area contributed by atoms with Gasteiger partial charge in [-0.3, -0.25) is 15.0 Å². The largest absolute Gasteiger partial charge is 0.507 e. The highest BCUT2D eigenvalue weighted by atomic mass is 16.3. The van der Waals surface area contributed by atoms with E-state index in [1.807, 2.05) is 18.2 Å². The molecule has 4 N–H and O–H groups in total. The van der Waals surface area contributed by atoms with Crippen LogP contribution in [0, 0.1) is 0 Å². The van der Waals surface area contributed by atoms with Crippen molar-refractivity contribution in [1.82, 2.24) is 15.1 Å². The molecule has 10 heteroatoms. The third-order valence-electron chi connectivity index (χ3n) is 5.88. The molecular weight excluding hydrogens is 506 g/mol. The maximum absolute atomic E-state index is 13.6. The van der Waals surface area contributed by atoms with E-state index >= 15 is 0 Å². The standard InChI is InChI=1S/C30H23N7O3/c31-33-29(39)22-14-17-23(18-15-22)34-35-28(21-9-2-1-3-10-21)36-37-27(19-16-20-8-4-7-13-26(20)38)32-25-12-6-5-11-24(25)30(37)40/h1-19,38H,31H2,(H,33,39)/b19-16+,35-34?,36-28-. The number of hydrogen-bond donors (Lipinski definition) is 3. The molecule has 4 aromatic carbocycles. The van der Waals surface area contributed by atoms with Gasteiger partial charge in [-0.1, -0.05) is 60.7 Å². The topological polar surface area (TPSA) is 147 Å². The molecule has 0 atom stereocenters. The average molecular weight is 530 g/mol. The first-order valence-corrected chi connectivity index (χ1v) is 12.2. The van der Waals surface area contributed by atoms with Gasteiger partial charge in [-0.15, -0.1) is 15.3 Å². The number of phenols is 1. The van der Waals surface area contributed by atoms with Crippen molar-refractivity contribution in [1.29, 1.82) is 0 Å². The first-order valence-electron chi connectivity index (χ1n) is 12.2. The fourth-order valence-electron chi connectivity index (χ4n) is 3.82. The van der Waals surface area contributed by atoms with Gasteiger partial charge in [0, 0.05) is 16.7 Å². The summed E-state index contributed by atoms with van der Waals surface area (Å²) >= 11 is 0. The highest BCUT2D eigenvalue weighted by molar-refractivity contribution is 5.99. The minimum absolute atomic E-state index is 0.0886. The zero-order valence-corrected chi connectivity index (χ0v) is 21.0. The molecule has 10 nitrogen and oxygen atoms in total. The van der Waals surface area contributed by atoms with Crippen LogP contribution in [0.4, 0.5) is 5.69 Å². The number of nitrogens with one attached hydrogen (secondary N) is 1. The second-order valence-corrected chi connectivity index (χ2v) is 8.51. The molecule has 196 valence electrons. The average Bonchev–Trinajstić information content (AvgIpc) is 3.00. The molecule has 0 saturated heterocycles. The Bertz CT molecular complexity index is 1830. The van der Waals surface area contributed by atoms with Crippen LogP contribution >= 0.6 is 0 Å². The van der Waals surface area contributed by atoms with Crippen molar-refractivity contribution in [3.8, 4) is 5.75 Å². The van der Waals surface area contributed by atoms with Gasteiger partial charge in [-0.25, -0.2) is 10.8 Å². The van der Waals surface area contributed by atoms with E-state index in [0.29, 0.717) is 33.3 Å². The quantitative estimate of drug-likeness (QED) is 0.0717. The summed E-state index contributed by atoms with van der Waals surface area (Å²) in [6, 6.07) is 29.2. The fraction of sp³-hybridized carbons (Fsp3) is 0. The molecular formula is C30H23N7O3. The zero-order valence-electron chi connectivity index (χ0n) is 21.0. The van der Waals surface area contributed by atoms with E-state index in [4.69, 9.17) is 5.84 Å². The summed E-state index contributed by atoms with van der Waals surface area (Å²) in [6.07, 6.45) is 3.26. The number of hydrogen-bond acceptors (Lipinski definition) is 7. The highest BCUT2D eigenvalue weighted by Gasteiger charge is 2.12. The maximum Gasteiger partial charge on any atom is 0.282 e. The monoisotopic (exact) mass is 529 g/mol. The van der Waals surface area contributed by atoms with Crippen LogP contribution in [0.2, 0.25) is 0 Å². The van der Waals surface area contributed by atoms with Gasteiger partial charge >= 0.3 is 0 Å². The van der Waals surface area contributed by atoms with Crippen LogP contribution in [-0.4, -0.2) is 26.5 Å². The molecule has 1 amide bonds. The third kappa shape index (κ3) is 5.72. The maximum atomic E-state index is 13.6. The molecule has 0 saturated carbocycles. The molecule has 0 aliphatic heterocycles. The summed E-state index contributed by atoms with van der Waals surface area (Å²) < 4.78 is 1.16. The predicted octanol–water partition coefficient (Wildman–Crippen LogP) is 4.87. The Morgan fingerprint density at radius 2 is 1.55 bits per heavy atom. The van der Waals surface area contributed by atoms with E-state index in [1.165, 1.54) is 0 Å². The lowest BCUT2D eigenvalue weighted by Gasteiger charge is -2.08. The van der Waals surface area contributed by atoms with Crippen LogP contribution < -0.4 is 16.8 Å². The van der Waals surface area contributed by atoms with Gasteiger partial charge in [-0.05, 0) is 54.6 Å². The SMILES string of the molecule is NNC(=O)c1ccc(N=N/C(=N\n2c(/C=C/c3ccccc3O)nc3ccccc3c2=O)c2ccccc2)cc1. The van der Waals surface area contributed by atoms with E-state index in [9.17, 15) is 14.7 Å². The molecule has 5 rings (SSSR count). The van der Waals surface area contributed by atoms with Gasteiger partial charge in [-0.2, -0.15) is 4.68 Å². The number of amidine groups is 1. The number of phenolic OH excluding ortho intramolecular Hbond substituents is 1. The van der Waals surface area contributed by atoms with Crippen molar-refractivity contribution in [3.05, 3.63) is 136 Å². The summed E-state index contributed by atoms with van der Waals surface area (Å²) in [7, 11) is 0. The van der Waals surface area contributed by atoms with Crippen molar-refractivity contribution in [2.24, 2.45) is 21.2 Å². The molecule has 0 spiro atoms. The predicted molar refractivity (Wildman–Crippen MR) is 154 cm³/mol. The second kappa shape index (κ2) is 11.8. The number of carbonyl (C=O) groups excluding carboxylic acids is 1. The van der Waals surface area contributed by atoms with Gasteiger partial charge in [0.05, 0.1) is 16.6 Å². The van der Waals surface area contributed by atoms with Gasteiger partial charge in [0.25, 0.3) is 11.5 Å². The van der Waals surface area contributed by atoms with Crippen molar-refractivity contribution in [2.75, 3.05) is 0 Å². The smallest absolute Gasteiger partial charge is 0.282 e. The Labute approximate surface area is 228 Å². The molecule has 0 aliphatic rings. The molecule has 0 bridgehead atoms. The molecule has 1 heterocycles. The normalized spacial score (nSPS) is 11.9. The number of hydrazine groups is 1. The van der Waals surface area contributed by atoms with Crippen LogP contribution in [0.25, 0.3) is 23.1 Å². The van der Waals surface area contributed by atoms with Crippen LogP contribution in [0.5, 0.6) is 5.75 Å². The van der Waals surface area contributed by atoms with Crippen LogP contribution in [0.1, 0.15) is 27.3 Å². The summed E-state index contributed by atoms with van der Waals surface area (Å²) in [6.45, 7) is 0. The number of benzene rings is 4. The highest BCUT2D eigenvalue weighted by Crippen LogP contribution is 2.19. The number of rotatable bonds is 6. The number of aromatic hydroxyl groups is 1. The second-order valence-electron chi connectivity index (χ2n) is 8.51. The number of para-hydroxylation sites is 2. The third-order valence-corrected chi connectivity index (χ3v) is 5.88. The number of nitrogens with two attached hydrogens (primary N) is 1. The van der Waals surface area contributed by atoms with E-state index in [0.717, 1.165) is 4.68 Å². The van der Waals surface area contributed by atoms with Crippen molar-refractivity contribution < 1.29 is 9.90 Å². The molecule has 0 radical (unpaired) electrons. The number of carbonyl (C=O) groups is 1. The lowest BCUT2D eigenvalue weighted by molar-refractivity contribution is 0.0953. The minimum Gasteiger partial charge on any atom is -0.507 e. The Kier molecular flexibility index (Phi) is 7.61. The van der Waals surface area contributed by atoms with Gasteiger partial charge < -0.3 is 5.11 Å². The Hall–Kier alpha value is -5.74. The van der Waals surface area contributed by atoms with Crippen molar-refractivity contribution in [3.63, 3.8) is 0 Å². The number of aromatic nitrogens is 2. The van der Waals surface area contributed by atoms with E-state index in [2.05, 4.69) is 25.7 Å². The molecule has 0 fully saturated rings. The number of azo groups is 1. The van der Waals surface area contributed by atoms with E-state index < -0.39 is 11.5 Å². The lowest BCUT2D eigenvalue weighted by atomic mass is 10.2. The zero-order chi connectivity index (χ0) is 27.9. The van der Waals surface area contributed by atoms with Gasteiger partial charge in [0.1, 0.15) is 5.75 Å². The van der Waals surface area contributed by atoms with Crippen LogP contribution in [0.15, 0.2) is 123 Å². The summed E-state index contributed by atoms with van der Waals surface area (Å²) in [4.78, 5) is 30.0. The Balaban J connectivity index is 1.64. The van der Waals surface area contributed by atoms with E-state index in [-0.39, 0.29) is 17.4 Å². The molecule has 1 aromatic heterocycles. The molecule has 40 heavy (non-hydrogen) atoms. The lowest BCUT2D eigenvalue weighted by Crippen LogP contribution is -2.29. The molecule has 0 aliphatic carbocycles. The first kappa shape index (κ1) is 25.9. The minimum atomic E-state index is -0.428. The summed E-state index contributed by atoms with van der Waals surface area (Å²) in [5.74, 6) is 5.24. The number of nitrogens with zero attached hydrogens (tertiary/aromatic N) is 5. The van der Waals surface area contributed by atoms with Crippen molar-refractivity contribution >= 4 is 40.5 Å². The summed E-state index contributed by atoms with van der Waals surface area (Å²) in [5, 5.41) is 23.8. The van der Waals surface area contributed by atoms with Crippen molar-refractivity contribution in [2.45, 2.75) is 0 Å². The first-order chi connectivity index (χ1) is 19.5. The summed E-state index contributed by atoms with van der Waals surface area (Å²) in [5.41, 5.74) is 4.17. The van der Waals surface area contributed by atoms with Gasteiger partial charge in [0.2, 0.25) is 5.84 Å². The number of fused-ring (bicyclic) bond motifs is 1. The molecule has 0 unspecified atom stereocenters. The van der Waals surface area contributed by atoms with Crippen LogP contribution in [-0.2, 0) is 0 Å². The fourth-order valence-corrected chi connectivity index (χ4v) is 3.82. The van der Waals surface area contributed by atoms with E-state index in [1.54, 1.807) is 97.1 Å². The Morgan fingerprint density at radius 3 is 2.30 bits per heavy atom.